The zero-order valence-corrected chi connectivity index (χ0v) is 17.7. The van der Waals surface area contributed by atoms with Crippen molar-refractivity contribution in [3.63, 3.8) is 0 Å². The summed E-state index contributed by atoms with van der Waals surface area (Å²) in [5.74, 6) is 1.14. The molecule has 0 N–H and O–H groups in total. The van der Waals surface area contributed by atoms with E-state index in [0.29, 0.717) is 29.4 Å². The molecule has 1 amide bonds. The number of amides is 1. The Morgan fingerprint density at radius 3 is 2.87 bits per heavy atom. The van der Waals surface area contributed by atoms with Crippen LogP contribution in [0.25, 0.3) is 17.0 Å². The van der Waals surface area contributed by atoms with E-state index in [4.69, 9.17) is 11.6 Å². The van der Waals surface area contributed by atoms with Crippen molar-refractivity contribution in [2.45, 2.75) is 13.5 Å². The van der Waals surface area contributed by atoms with Crippen molar-refractivity contribution < 1.29 is 18.3 Å². The first-order valence-corrected chi connectivity index (χ1v) is 10.5. The zero-order chi connectivity index (χ0) is 21.7. The predicted octanol–water partition coefficient (Wildman–Crippen LogP) is 5.03. The van der Waals surface area contributed by atoms with Crippen LogP contribution in [0.4, 0.5) is 8.78 Å². The lowest BCUT2D eigenvalue weighted by molar-refractivity contribution is -0.0498. The number of ether oxygens (including phenoxy) is 1. The largest absolute Gasteiger partial charge is 0.435 e. The van der Waals surface area contributed by atoms with Crippen molar-refractivity contribution >= 4 is 41.2 Å². The number of hydrogen-bond acceptors (Lipinski definition) is 5. The van der Waals surface area contributed by atoms with Gasteiger partial charge in [-0.05, 0) is 31.2 Å². The summed E-state index contributed by atoms with van der Waals surface area (Å²) in [7, 11) is 0. The summed E-state index contributed by atoms with van der Waals surface area (Å²) in [6, 6.07) is 5.84. The fourth-order valence-corrected chi connectivity index (χ4v) is 3.97. The Kier molecular flexibility index (Phi) is 7.28. The molecule has 0 radical (unpaired) electrons. The van der Waals surface area contributed by atoms with Crippen LogP contribution in [0.3, 0.4) is 0 Å². The summed E-state index contributed by atoms with van der Waals surface area (Å²) < 4.78 is 31.3. The molecule has 2 aromatic rings. The van der Waals surface area contributed by atoms with E-state index in [0.717, 1.165) is 5.75 Å². The summed E-state index contributed by atoms with van der Waals surface area (Å²) in [4.78, 5) is 18.6. The molecule has 30 heavy (non-hydrogen) atoms. The van der Waals surface area contributed by atoms with Gasteiger partial charge in [0.1, 0.15) is 5.75 Å². The molecular formula is C20H19ClF2N4O2S. The number of benzene rings is 1. The Labute approximate surface area is 181 Å². The number of rotatable bonds is 7. The van der Waals surface area contributed by atoms with Crippen LogP contribution in [0.2, 0.25) is 5.02 Å². The van der Waals surface area contributed by atoms with E-state index in [1.54, 1.807) is 41.1 Å². The minimum atomic E-state index is -2.99. The summed E-state index contributed by atoms with van der Waals surface area (Å²) in [6.07, 6.45) is 4.81. The van der Waals surface area contributed by atoms with Gasteiger partial charge in [0.25, 0.3) is 5.91 Å². The van der Waals surface area contributed by atoms with E-state index in [9.17, 15) is 13.6 Å². The number of carbonyl (C=O) groups excluding carboxylic acids is 1. The lowest BCUT2D eigenvalue weighted by atomic mass is 10.1. The first-order chi connectivity index (χ1) is 14.4. The van der Waals surface area contributed by atoms with Crippen LogP contribution in [0.5, 0.6) is 5.75 Å². The molecule has 1 aliphatic rings. The van der Waals surface area contributed by atoms with Gasteiger partial charge in [-0.3, -0.25) is 9.79 Å². The van der Waals surface area contributed by atoms with Crippen molar-refractivity contribution in [3.05, 3.63) is 53.8 Å². The third-order valence-electron chi connectivity index (χ3n) is 4.09. The highest BCUT2D eigenvalue weighted by molar-refractivity contribution is 7.99. The molecule has 1 aliphatic heterocycles. The Morgan fingerprint density at radius 2 is 2.20 bits per heavy atom. The summed E-state index contributed by atoms with van der Waals surface area (Å²) in [6.45, 7) is 3.42. The molecular weight excluding hydrogens is 434 g/mol. The Balaban J connectivity index is 2.06. The highest BCUT2D eigenvalue weighted by Crippen LogP contribution is 2.31. The average molecular weight is 453 g/mol. The average Bonchev–Trinajstić information content (AvgIpc) is 3.37. The number of hydrogen-bond donors (Lipinski definition) is 0. The van der Waals surface area contributed by atoms with E-state index >= 15 is 0 Å². The Hall–Kier alpha value is -2.65. The molecule has 0 saturated carbocycles. The maximum absolute atomic E-state index is 12.8. The molecule has 6 nitrogen and oxygen atoms in total. The molecule has 0 bridgehead atoms. The molecule has 1 saturated heterocycles. The van der Waals surface area contributed by atoms with Gasteiger partial charge in [-0.15, -0.1) is 11.8 Å². The molecule has 0 atom stereocenters. The summed E-state index contributed by atoms with van der Waals surface area (Å²) >= 11 is 7.76. The van der Waals surface area contributed by atoms with Gasteiger partial charge in [-0.2, -0.15) is 13.9 Å². The number of aromatic nitrogens is 2. The number of thioether (sulfide) groups is 1. The minimum Gasteiger partial charge on any atom is -0.435 e. The van der Waals surface area contributed by atoms with Gasteiger partial charge in [0.15, 0.2) is 5.69 Å². The molecule has 1 aromatic carbocycles. The number of aliphatic imine (C=N–C) groups is 1. The second kappa shape index (κ2) is 9.90. The number of alkyl halides is 2. The molecule has 0 spiro atoms. The maximum atomic E-state index is 12.8. The molecule has 10 heteroatoms. The number of carbonyl (C=O) groups is 1. The van der Waals surface area contributed by atoms with Crippen LogP contribution in [0.15, 0.2) is 48.1 Å². The topological polar surface area (TPSA) is 59.7 Å². The van der Waals surface area contributed by atoms with E-state index in [1.807, 2.05) is 6.92 Å². The normalized spacial score (nSPS) is 14.4. The minimum absolute atomic E-state index is 0.0998. The van der Waals surface area contributed by atoms with Gasteiger partial charge in [0.2, 0.25) is 0 Å². The second-order valence-corrected chi connectivity index (χ2v) is 7.75. The molecule has 3 rings (SSSR count). The number of nitrogens with zero attached hydrogens (tertiary/aromatic N) is 4. The van der Waals surface area contributed by atoms with Crippen LogP contribution in [-0.4, -0.2) is 51.6 Å². The van der Waals surface area contributed by atoms with Gasteiger partial charge in [0.05, 0.1) is 23.5 Å². The fraction of sp³-hybridized carbons (Fsp3) is 0.250. The van der Waals surface area contributed by atoms with Crippen LogP contribution in [0, 0.1) is 0 Å². The Bertz CT molecular complexity index is 1000. The standard InChI is InChI=1S/C20H19ClF2N4O2S/c1-3-4-24-11-13(2)27-18(10-17(25-27)19(28)26-5-6-30-12-26)14-7-15(21)9-16(8-14)29-20(22)23/h3-4,7-11,20H,2,5-6,12H2,1H3. The van der Waals surface area contributed by atoms with Gasteiger partial charge >= 0.3 is 6.61 Å². The van der Waals surface area contributed by atoms with Crippen LogP contribution in [-0.2, 0) is 0 Å². The fourth-order valence-electron chi connectivity index (χ4n) is 2.80. The SMILES string of the molecule is C=C(C=NC=CC)n1nc(C(=O)N2CCSC2)cc1-c1cc(Cl)cc(OC(F)F)c1. The maximum Gasteiger partial charge on any atom is 0.387 e. The highest BCUT2D eigenvalue weighted by atomic mass is 35.5. The van der Waals surface area contributed by atoms with E-state index in [1.165, 1.54) is 23.0 Å². The quantitative estimate of drug-likeness (QED) is 0.553. The van der Waals surface area contributed by atoms with Crippen molar-refractivity contribution in [3.8, 4) is 17.0 Å². The molecule has 158 valence electrons. The number of allylic oxidation sites excluding steroid dienone is 2. The van der Waals surface area contributed by atoms with E-state index < -0.39 is 6.61 Å². The molecule has 1 fully saturated rings. The van der Waals surface area contributed by atoms with E-state index in [2.05, 4.69) is 21.4 Å². The van der Waals surface area contributed by atoms with Crippen molar-refractivity contribution in [2.75, 3.05) is 18.2 Å². The van der Waals surface area contributed by atoms with Crippen molar-refractivity contribution in [1.29, 1.82) is 0 Å². The predicted molar refractivity (Wildman–Crippen MR) is 116 cm³/mol. The zero-order valence-electron chi connectivity index (χ0n) is 16.1. The number of halogens is 3. The molecule has 2 heterocycles. The van der Waals surface area contributed by atoms with Gasteiger partial charge in [-0.1, -0.05) is 24.3 Å². The lowest BCUT2D eigenvalue weighted by Crippen LogP contribution is -2.28. The van der Waals surface area contributed by atoms with Crippen molar-refractivity contribution in [2.24, 2.45) is 4.99 Å². The summed E-state index contributed by atoms with van der Waals surface area (Å²) in [5.41, 5.74) is 1.49. The smallest absolute Gasteiger partial charge is 0.387 e. The lowest BCUT2D eigenvalue weighted by Gasteiger charge is -2.11. The van der Waals surface area contributed by atoms with Crippen LogP contribution >= 0.6 is 23.4 Å². The molecule has 1 aromatic heterocycles. The van der Waals surface area contributed by atoms with Gasteiger partial charge in [-0.25, -0.2) is 4.68 Å². The third-order valence-corrected chi connectivity index (χ3v) is 5.28. The van der Waals surface area contributed by atoms with Gasteiger partial charge < -0.3 is 9.64 Å². The van der Waals surface area contributed by atoms with Gasteiger partial charge in [0, 0.05) is 29.1 Å². The van der Waals surface area contributed by atoms with Crippen molar-refractivity contribution in [1.82, 2.24) is 14.7 Å². The highest BCUT2D eigenvalue weighted by Gasteiger charge is 2.24. The van der Waals surface area contributed by atoms with Crippen LogP contribution < -0.4 is 4.74 Å². The monoisotopic (exact) mass is 452 g/mol. The third kappa shape index (κ3) is 5.28. The second-order valence-electron chi connectivity index (χ2n) is 6.24. The van der Waals surface area contributed by atoms with Crippen LogP contribution in [0.1, 0.15) is 17.4 Å². The van der Waals surface area contributed by atoms with E-state index in [-0.39, 0.29) is 22.4 Å². The Morgan fingerprint density at radius 1 is 1.40 bits per heavy atom. The summed E-state index contributed by atoms with van der Waals surface area (Å²) in [5, 5.41) is 4.60. The first kappa shape index (κ1) is 22.0. The molecule has 0 aliphatic carbocycles. The first-order valence-electron chi connectivity index (χ1n) is 8.95. The molecule has 0 unspecified atom stereocenters.